The van der Waals surface area contributed by atoms with Crippen LogP contribution in [0, 0.1) is 6.92 Å². The van der Waals surface area contributed by atoms with Gasteiger partial charge in [0.2, 0.25) is 11.8 Å². The van der Waals surface area contributed by atoms with Crippen molar-refractivity contribution in [2.24, 2.45) is 0 Å². The Kier molecular flexibility index (Phi) is 12.0. The quantitative estimate of drug-likeness (QED) is 0.250. The summed E-state index contributed by atoms with van der Waals surface area (Å²) < 4.78 is 40.1. The zero-order chi connectivity index (χ0) is 31.6. The second-order valence-corrected chi connectivity index (χ2v) is 12.2. The number of nitrogens with zero attached hydrogens (tertiary/aromatic N) is 2. The van der Waals surface area contributed by atoms with Crippen LogP contribution in [0.3, 0.4) is 0 Å². The van der Waals surface area contributed by atoms with Gasteiger partial charge in [-0.15, -0.1) is 0 Å². The molecule has 0 aromatic heterocycles. The Morgan fingerprint density at radius 3 is 2.16 bits per heavy atom. The van der Waals surface area contributed by atoms with Crippen LogP contribution in [-0.4, -0.2) is 57.5 Å². The summed E-state index contributed by atoms with van der Waals surface area (Å²) >= 11 is 0. The summed E-state index contributed by atoms with van der Waals surface area (Å²) in [4.78, 5) is 29.2. The van der Waals surface area contributed by atoms with E-state index < -0.39 is 28.5 Å². The second kappa shape index (κ2) is 15.4. The SMILES string of the molecule is CCOc1ccc(N(CC(=O)N(Cc2cccc(OC)c2)[C@H](CC)C(=O)N[C@H](C)CC)S(=O)(=O)c2ccc(C)cc2)cc1. The first-order valence-electron chi connectivity index (χ1n) is 14.6. The van der Waals surface area contributed by atoms with Gasteiger partial charge in [0.1, 0.15) is 24.1 Å². The monoisotopic (exact) mass is 609 g/mol. The molecule has 2 atom stereocenters. The summed E-state index contributed by atoms with van der Waals surface area (Å²) in [5.74, 6) is 0.387. The molecule has 0 heterocycles. The van der Waals surface area contributed by atoms with Gasteiger partial charge in [-0.3, -0.25) is 13.9 Å². The van der Waals surface area contributed by atoms with Gasteiger partial charge in [-0.2, -0.15) is 0 Å². The minimum Gasteiger partial charge on any atom is -0.497 e. The molecule has 0 aliphatic carbocycles. The lowest BCUT2D eigenvalue weighted by Crippen LogP contribution is -2.53. The topological polar surface area (TPSA) is 105 Å². The highest BCUT2D eigenvalue weighted by atomic mass is 32.2. The maximum atomic E-state index is 14.2. The van der Waals surface area contributed by atoms with Crippen molar-refractivity contribution in [1.82, 2.24) is 10.2 Å². The van der Waals surface area contributed by atoms with Gasteiger partial charge >= 0.3 is 0 Å². The van der Waals surface area contributed by atoms with E-state index in [-0.39, 0.29) is 23.4 Å². The Morgan fingerprint density at radius 1 is 0.907 bits per heavy atom. The van der Waals surface area contributed by atoms with E-state index in [1.54, 1.807) is 55.6 Å². The standard InChI is InChI=1S/C33H43N3O6S/c1-7-25(5)34-33(38)31(8-2)35(22-26-11-10-12-29(21-26)41-6)32(37)23-36(27-15-17-28(18-16-27)42-9-3)43(39,40)30-19-13-24(4)14-20-30/h10-21,25,31H,7-9,22-23H2,1-6H3,(H,34,38)/t25-,31-/m1/s1. The van der Waals surface area contributed by atoms with Crippen LogP contribution >= 0.6 is 0 Å². The molecule has 2 amide bonds. The molecule has 0 radical (unpaired) electrons. The average molecular weight is 610 g/mol. The number of aryl methyl sites for hydroxylation is 1. The highest BCUT2D eigenvalue weighted by molar-refractivity contribution is 7.92. The van der Waals surface area contributed by atoms with Gasteiger partial charge in [0.15, 0.2) is 0 Å². The molecule has 3 aromatic rings. The third-order valence-corrected chi connectivity index (χ3v) is 8.99. The summed E-state index contributed by atoms with van der Waals surface area (Å²) in [5.41, 5.74) is 1.96. The van der Waals surface area contributed by atoms with Crippen LogP contribution in [-0.2, 0) is 26.2 Å². The second-order valence-electron chi connectivity index (χ2n) is 10.4. The first-order valence-corrected chi connectivity index (χ1v) is 16.0. The van der Waals surface area contributed by atoms with Gasteiger partial charge in [0.05, 0.1) is 24.3 Å². The van der Waals surface area contributed by atoms with Crippen molar-refractivity contribution in [3.63, 3.8) is 0 Å². The van der Waals surface area contributed by atoms with Gasteiger partial charge in [-0.1, -0.05) is 43.7 Å². The Morgan fingerprint density at radius 2 is 1.58 bits per heavy atom. The summed E-state index contributed by atoms with van der Waals surface area (Å²) in [6.07, 6.45) is 1.07. The molecule has 3 aromatic carbocycles. The highest BCUT2D eigenvalue weighted by Crippen LogP contribution is 2.27. The van der Waals surface area contributed by atoms with Crippen molar-refractivity contribution < 1.29 is 27.5 Å². The number of methoxy groups -OCH3 is 1. The number of hydrogen-bond acceptors (Lipinski definition) is 6. The van der Waals surface area contributed by atoms with Crippen LogP contribution in [0.1, 0.15) is 51.7 Å². The minimum absolute atomic E-state index is 0.0562. The molecule has 0 aliphatic heterocycles. The first-order chi connectivity index (χ1) is 20.5. The van der Waals surface area contributed by atoms with Crippen LogP contribution < -0.4 is 19.1 Å². The Hall–Kier alpha value is -4.05. The number of sulfonamides is 1. The van der Waals surface area contributed by atoms with E-state index in [1.165, 1.54) is 17.0 Å². The van der Waals surface area contributed by atoms with Crippen molar-refractivity contribution in [3.8, 4) is 11.5 Å². The fourth-order valence-corrected chi connectivity index (χ4v) is 5.98. The molecule has 10 heteroatoms. The normalized spacial score (nSPS) is 12.6. The molecule has 0 saturated carbocycles. The number of anilines is 1. The molecule has 0 saturated heterocycles. The van der Waals surface area contributed by atoms with E-state index in [4.69, 9.17) is 9.47 Å². The zero-order valence-electron chi connectivity index (χ0n) is 25.9. The Labute approximate surface area is 255 Å². The van der Waals surface area contributed by atoms with E-state index >= 15 is 0 Å². The summed E-state index contributed by atoms with van der Waals surface area (Å²) in [6, 6.07) is 19.4. The molecule has 3 rings (SSSR count). The molecule has 0 bridgehead atoms. The smallest absolute Gasteiger partial charge is 0.264 e. The lowest BCUT2D eigenvalue weighted by Gasteiger charge is -2.33. The van der Waals surface area contributed by atoms with Crippen molar-refractivity contribution in [2.75, 3.05) is 24.6 Å². The minimum atomic E-state index is -4.16. The van der Waals surface area contributed by atoms with Gasteiger partial charge in [0, 0.05) is 12.6 Å². The van der Waals surface area contributed by atoms with Crippen LogP contribution in [0.5, 0.6) is 11.5 Å². The average Bonchev–Trinajstić information content (AvgIpc) is 3.00. The number of benzene rings is 3. The number of rotatable bonds is 15. The van der Waals surface area contributed by atoms with Crippen molar-refractivity contribution in [2.45, 2.75) is 71.0 Å². The van der Waals surface area contributed by atoms with Crippen molar-refractivity contribution in [3.05, 3.63) is 83.9 Å². The molecular weight excluding hydrogens is 566 g/mol. The van der Waals surface area contributed by atoms with E-state index in [1.807, 2.05) is 46.8 Å². The molecular formula is C33H43N3O6S. The fourth-order valence-electron chi connectivity index (χ4n) is 4.57. The predicted molar refractivity (Wildman–Crippen MR) is 169 cm³/mol. The third kappa shape index (κ3) is 8.73. The van der Waals surface area contributed by atoms with E-state index in [9.17, 15) is 18.0 Å². The number of amides is 2. The number of nitrogens with one attached hydrogen (secondary N) is 1. The third-order valence-electron chi connectivity index (χ3n) is 7.20. The van der Waals surface area contributed by atoms with Gasteiger partial charge in [-0.25, -0.2) is 8.42 Å². The molecule has 1 N–H and O–H groups in total. The van der Waals surface area contributed by atoms with Crippen molar-refractivity contribution in [1.29, 1.82) is 0 Å². The summed E-state index contributed by atoms with van der Waals surface area (Å²) in [7, 11) is -2.60. The van der Waals surface area contributed by atoms with Crippen LogP contribution in [0.2, 0.25) is 0 Å². The van der Waals surface area contributed by atoms with Crippen LogP contribution in [0.15, 0.2) is 77.7 Å². The number of hydrogen-bond donors (Lipinski definition) is 1. The largest absolute Gasteiger partial charge is 0.497 e. The highest BCUT2D eigenvalue weighted by Gasteiger charge is 2.34. The number of carbonyl (C=O) groups excluding carboxylic acids is 2. The molecule has 0 spiro atoms. The molecule has 0 fully saturated rings. The summed E-state index contributed by atoms with van der Waals surface area (Å²) in [6.45, 7) is 9.47. The maximum absolute atomic E-state index is 14.2. The Balaban J connectivity index is 2.07. The van der Waals surface area contributed by atoms with Gasteiger partial charge in [-0.05, 0) is 87.7 Å². The lowest BCUT2D eigenvalue weighted by atomic mass is 10.1. The van der Waals surface area contributed by atoms with E-state index in [0.717, 1.165) is 21.9 Å². The predicted octanol–water partition coefficient (Wildman–Crippen LogP) is 5.32. The molecule has 43 heavy (non-hydrogen) atoms. The van der Waals surface area contributed by atoms with Crippen LogP contribution in [0.25, 0.3) is 0 Å². The fraction of sp³-hybridized carbons (Fsp3) is 0.394. The van der Waals surface area contributed by atoms with Gasteiger partial charge < -0.3 is 19.7 Å². The zero-order valence-corrected chi connectivity index (χ0v) is 26.7. The van der Waals surface area contributed by atoms with E-state index in [0.29, 0.717) is 30.2 Å². The first kappa shape index (κ1) is 33.5. The number of ether oxygens (including phenoxy) is 2. The molecule has 0 aliphatic rings. The van der Waals surface area contributed by atoms with Crippen molar-refractivity contribution >= 4 is 27.5 Å². The summed E-state index contributed by atoms with van der Waals surface area (Å²) in [5, 5.41) is 2.99. The van der Waals surface area contributed by atoms with Gasteiger partial charge in [0.25, 0.3) is 10.0 Å². The van der Waals surface area contributed by atoms with E-state index in [2.05, 4.69) is 5.32 Å². The maximum Gasteiger partial charge on any atom is 0.264 e. The molecule has 232 valence electrons. The molecule has 9 nitrogen and oxygen atoms in total. The van der Waals surface area contributed by atoms with Crippen LogP contribution in [0.4, 0.5) is 5.69 Å². The molecule has 0 unspecified atom stereocenters. The Bertz CT molecular complexity index is 1460. The lowest BCUT2D eigenvalue weighted by molar-refractivity contribution is -0.140. The number of carbonyl (C=O) groups is 2.